The van der Waals surface area contributed by atoms with Crippen LogP contribution in [0.25, 0.3) is 0 Å². The van der Waals surface area contributed by atoms with Crippen molar-refractivity contribution < 1.29 is 9.13 Å². The second-order valence-electron chi connectivity index (χ2n) is 4.57. The molecule has 0 spiro atoms. The average Bonchev–Trinajstić information content (AvgIpc) is 2.42. The highest BCUT2D eigenvalue weighted by atomic mass is 35.5. The second kappa shape index (κ2) is 9.40. The maximum atomic E-state index is 14.1. The van der Waals surface area contributed by atoms with Crippen LogP contribution in [-0.4, -0.2) is 38.2 Å². The minimum absolute atomic E-state index is 0. The molecule has 0 saturated carbocycles. The van der Waals surface area contributed by atoms with Crippen molar-refractivity contribution in [2.24, 2.45) is 0 Å². The zero-order valence-corrected chi connectivity index (χ0v) is 13.5. The normalized spacial score (nSPS) is 16.8. The van der Waals surface area contributed by atoms with E-state index in [2.05, 4.69) is 17.1 Å². The van der Waals surface area contributed by atoms with Crippen LogP contribution in [0.2, 0.25) is 0 Å². The molecule has 0 aliphatic carbocycles. The fraction of sp³-hybridized carbons (Fsp3) is 0.571. The molecule has 2 rings (SSSR count). The van der Waals surface area contributed by atoms with Gasteiger partial charge < -0.3 is 10.1 Å². The monoisotopic (exact) mass is 324 g/mol. The van der Waals surface area contributed by atoms with Crippen LogP contribution in [0.15, 0.2) is 18.2 Å². The van der Waals surface area contributed by atoms with Gasteiger partial charge in [0, 0.05) is 37.8 Å². The Morgan fingerprint density at radius 3 is 2.50 bits per heavy atom. The van der Waals surface area contributed by atoms with Gasteiger partial charge in [-0.15, -0.1) is 24.8 Å². The molecule has 6 heteroatoms. The lowest BCUT2D eigenvalue weighted by atomic mass is 10.00. The SMILES string of the molecule is CC[C@@H](c1c(F)cccc1OC)N1CCNCC1.Cl.Cl. The third kappa shape index (κ3) is 4.22. The lowest BCUT2D eigenvalue weighted by molar-refractivity contribution is 0.163. The van der Waals surface area contributed by atoms with Crippen molar-refractivity contribution in [3.05, 3.63) is 29.6 Å². The number of nitrogens with zero attached hydrogens (tertiary/aromatic N) is 1. The summed E-state index contributed by atoms with van der Waals surface area (Å²) in [4.78, 5) is 2.33. The summed E-state index contributed by atoms with van der Waals surface area (Å²) in [5.74, 6) is 0.486. The molecular weight excluding hydrogens is 302 g/mol. The Morgan fingerprint density at radius 1 is 1.30 bits per heavy atom. The number of hydrogen-bond acceptors (Lipinski definition) is 3. The van der Waals surface area contributed by atoms with Crippen molar-refractivity contribution in [3.8, 4) is 5.75 Å². The highest BCUT2D eigenvalue weighted by Crippen LogP contribution is 2.33. The van der Waals surface area contributed by atoms with E-state index < -0.39 is 0 Å². The predicted molar refractivity (Wildman–Crippen MR) is 84.9 cm³/mol. The van der Waals surface area contributed by atoms with Gasteiger partial charge in [-0.25, -0.2) is 4.39 Å². The molecular formula is C14H23Cl2FN2O. The van der Waals surface area contributed by atoms with Crippen molar-refractivity contribution in [1.29, 1.82) is 0 Å². The van der Waals surface area contributed by atoms with Gasteiger partial charge in [-0.3, -0.25) is 4.90 Å². The van der Waals surface area contributed by atoms with Crippen molar-refractivity contribution in [2.45, 2.75) is 19.4 Å². The van der Waals surface area contributed by atoms with Gasteiger partial charge in [0.05, 0.1) is 7.11 Å². The Kier molecular flexibility index (Phi) is 9.14. The summed E-state index contributed by atoms with van der Waals surface area (Å²) in [6.45, 7) is 5.94. The van der Waals surface area contributed by atoms with Gasteiger partial charge in [-0.05, 0) is 18.6 Å². The Morgan fingerprint density at radius 2 is 1.95 bits per heavy atom. The summed E-state index contributed by atoms with van der Waals surface area (Å²) < 4.78 is 19.4. The molecule has 1 fully saturated rings. The molecule has 1 atom stereocenters. The number of halogens is 3. The van der Waals surface area contributed by atoms with Crippen molar-refractivity contribution >= 4 is 24.8 Å². The number of methoxy groups -OCH3 is 1. The molecule has 116 valence electrons. The molecule has 1 heterocycles. The first-order valence-corrected chi connectivity index (χ1v) is 6.55. The van der Waals surface area contributed by atoms with E-state index in [4.69, 9.17) is 4.74 Å². The van der Waals surface area contributed by atoms with Gasteiger partial charge in [0.1, 0.15) is 11.6 Å². The van der Waals surface area contributed by atoms with Gasteiger partial charge in [-0.2, -0.15) is 0 Å². The van der Waals surface area contributed by atoms with E-state index in [1.165, 1.54) is 6.07 Å². The Hall–Kier alpha value is -0.550. The molecule has 20 heavy (non-hydrogen) atoms. The predicted octanol–water partition coefficient (Wildman–Crippen LogP) is 3.03. The number of rotatable bonds is 4. The van der Waals surface area contributed by atoms with Crippen molar-refractivity contribution in [2.75, 3.05) is 33.3 Å². The van der Waals surface area contributed by atoms with Crippen LogP contribution in [0.5, 0.6) is 5.75 Å². The van der Waals surface area contributed by atoms with E-state index in [1.54, 1.807) is 13.2 Å². The van der Waals surface area contributed by atoms with E-state index in [-0.39, 0.29) is 36.7 Å². The van der Waals surface area contributed by atoms with E-state index in [0.29, 0.717) is 11.3 Å². The lowest BCUT2D eigenvalue weighted by Crippen LogP contribution is -2.45. The number of benzene rings is 1. The van der Waals surface area contributed by atoms with Gasteiger partial charge >= 0.3 is 0 Å². The maximum Gasteiger partial charge on any atom is 0.131 e. The smallest absolute Gasteiger partial charge is 0.131 e. The van der Waals surface area contributed by atoms with Gasteiger partial charge in [-0.1, -0.05) is 13.0 Å². The third-order valence-corrected chi connectivity index (χ3v) is 3.55. The van der Waals surface area contributed by atoms with Crippen molar-refractivity contribution in [3.63, 3.8) is 0 Å². The lowest BCUT2D eigenvalue weighted by Gasteiger charge is -2.35. The van der Waals surface area contributed by atoms with Gasteiger partial charge in [0.25, 0.3) is 0 Å². The summed E-state index contributed by atoms with van der Waals surface area (Å²) in [6.07, 6.45) is 0.886. The summed E-state index contributed by atoms with van der Waals surface area (Å²) >= 11 is 0. The van der Waals surface area contributed by atoms with Crippen LogP contribution in [0.3, 0.4) is 0 Å². The Balaban J connectivity index is 0.00000180. The van der Waals surface area contributed by atoms with Crippen LogP contribution >= 0.6 is 24.8 Å². The molecule has 0 bridgehead atoms. The summed E-state index contributed by atoms with van der Waals surface area (Å²) in [7, 11) is 1.60. The summed E-state index contributed by atoms with van der Waals surface area (Å²) in [5.41, 5.74) is 0.699. The number of nitrogens with one attached hydrogen (secondary N) is 1. The fourth-order valence-corrected chi connectivity index (χ4v) is 2.66. The zero-order chi connectivity index (χ0) is 13.0. The average molecular weight is 325 g/mol. The minimum Gasteiger partial charge on any atom is -0.496 e. The molecule has 1 saturated heterocycles. The number of piperazine rings is 1. The van der Waals surface area contributed by atoms with Crippen LogP contribution in [0.4, 0.5) is 4.39 Å². The fourth-order valence-electron chi connectivity index (χ4n) is 2.66. The quantitative estimate of drug-likeness (QED) is 0.921. The minimum atomic E-state index is -0.167. The Labute approximate surface area is 132 Å². The number of hydrogen-bond donors (Lipinski definition) is 1. The summed E-state index contributed by atoms with van der Waals surface area (Å²) in [5, 5.41) is 3.32. The first-order valence-electron chi connectivity index (χ1n) is 6.55. The first kappa shape index (κ1) is 19.4. The molecule has 0 aromatic heterocycles. The van der Waals surface area contributed by atoms with Crippen LogP contribution < -0.4 is 10.1 Å². The van der Waals surface area contributed by atoms with Crippen LogP contribution in [0, 0.1) is 5.82 Å². The molecule has 1 aliphatic rings. The van der Waals surface area contributed by atoms with E-state index in [9.17, 15) is 4.39 Å². The molecule has 0 amide bonds. The molecule has 1 aromatic rings. The molecule has 0 radical (unpaired) electrons. The number of ether oxygens (including phenoxy) is 1. The standard InChI is InChI=1S/C14H21FN2O.2ClH/c1-3-12(17-9-7-16-8-10-17)14-11(15)5-4-6-13(14)18-2;;/h4-6,12,16H,3,7-10H2,1-2H3;2*1H/t12-;;/m0../s1. The molecule has 3 nitrogen and oxygen atoms in total. The van der Waals surface area contributed by atoms with Gasteiger partial charge in [0.2, 0.25) is 0 Å². The maximum absolute atomic E-state index is 14.1. The molecule has 1 aromatic carbocycles. The van der Waals surface area contributed by atoms with Gasteiger partial charge in [0.15, 0.2) is 0 Å². The molecule has 1 N–H and O–H groups in total. The first-order chi connectivity index (χ1) is 8.77. The third-order valence-electron chi connectivity index (χ3n) is 3.55. The second-order valence-corrected chi connectivity index (χ2v) is 4.57. The van der Waals surface area contributed by atoms with Crippen molar-refractivity contribution in [1.82, 2.24) is 10.2 Å². The van der Waals surface area contributed by atoms with E-state index >= 15 is 0 Å². The van der Waals surface area contributed by atoms with E-state index in [0.717, 1.165) is 32.6 Å². The van der Waals surface area contributed by atoms with Crippen LogP contribution in [0.1, 0.15) is 24.9 Å². The molecule has 0 unspecified atom stereocenters. The molecule has 1 aliphatic heterocycles. The highest BCUT2D eigenvalue weighted by Gasteiger charge is 2.25. The largest absolute Gasteiger partial charge is 0.496 e. The summed E-state index contributed by atoms with van der Waals surface area (Å²) in [6, 6.07) is 5.15. The zero-order valence-electron chi connectivity index (χ0n) is 11.9. The Bertz CT molecular complexity index is 401. The van der Waals surface area contributed by atoms with E-state index in [1.807, 2.05) is 6.07 Å². The highest BCUT2D eigenvalue weighted by molar-refractivity contribution is 5.85. The van der Waals surface area contributed by atoms with Crippen LogP contribution in [-0.2, 0) is 0 Å². The topological polar surface area (TPSA) is 24.5 Å².